The second kappa shape index (κ2) is 12.7. The van der Waals surface area contributed by atoms with Gasteiger partial charge in [0.25, 0.3) is 0 Å². The minimum absolute atomic E-state index is 0.0169. The first-order valence-corrected chi connectivity index (χ1v) is 14.2. The number of aryl methyl sites for hydroxylation is 2. The smallest absolute Gasteiger partial charge is 0.243 e. The topological polar surface area (TPSA) is 79.0 Å². The van der Waals surface area contributed by atoms with Crippen molar-refractivity contribution < 1.29 is 17.9 Å². The molecule has 0 aromatic heterocycles. The zero-order valence-corrected chi connectivity index (χ0v) is 23.2. The Morgan fingerprint density at radius 2 is 1.72 bits per heavy atom. The maximum atomic E-state index is 13.1. The van der Waals surface area contributed by atoms with Crippen LogP contribution in [-0.4, -0.2) is 70.8 Å². The first-order chi connectivity index (χ1) is 17.1. The summed E-state index contributed by atoms with van der Waals surface area (Å²) in [4.78, 5) is 15.3. The number of piperidine rings is 1. The minimum atomic E-state index is -3.70. The molecule has 8 heteroatoms. The quantitative estimate of drug-likeness (QED) is 0.455. The number of rotatable bonds is 12. The van der Waals surface area contributed by atoms with Crippen molar-refractivity contribution in [2.75, 3.05) is 52.7 Å². The Hall–Kier alpha value is -2.42. The van der Waals surface area contributed by atoms with Crippen LogP contribution in [0.4, 0.5) is 5.69 Å². The van der Waals surface area contributed by atoms with E-state index < -0.39 is 10.0 Å². The SMILES string of the molecule is COc1cc(C)c(S(=O)(=O)N(C)CCC(=O)Cc2ccc(NCCC3CCN(C)CC3)cc2)c(C)c1. The first kappa shape index (κ1) is 28.2. The van der Waals surface area contributed by atoms with Gasteiger partial charge in [0.05, 0.1) is 12.0 Å². The molecule has 1 heterocycles. The number of methoxy groups -OCH3 is 1. The lowest BCUT2D eigenvalue weighted by molar-refractivity contribution is -0.118. The Kier molecular flexibility index (Phi) is 9.93. The molecule has 1 aliphatic heterocycles. The predicted octanol–water partition coefficient (Wildman–Crippen LogP) is 4.28. The Morgan fingerprint density at radius 1 is 1.11 bits per heavy atom. The van der Waals surface area contributed by atoms with Crippen molar-refractivity contribution in [2.24, 2.45) is 5.92 Å². The molecule has 0 amide bonds. The van der Waals surface area contributed by atoms with Crippen LogP contribution >= 0.6 is 0 Å². The molecule has 0 atom stereocenters. The number of likely N-dealkylation sites (tertiary alicyclic amines) is 1. The highest BCUT2D eigenvalue weighted by molar-refractivity contribution is 7.89. The summed E-state index contributed by atoms with van der Waals surface area (Å²) in [6.45, 7) is 7.00. The summed E-state index contributed by atoms with van der Waals surface area (Å²) in [5.41, 5.74) is 3.26. The van der Waals surface area contributed by atoms with Crippen LogP contribution in [-0.2, 0) is 21.2 Å². The highest BCUT2D eigenvalue weighted by atomic mass is 32.2. The van der Waals surface area contributed by atoms with Gasteiger partial charge in [-0.05, 0) is 100 Å². The van der Waals surface area contributed by atoms with Gasteiger partial charge in [-0.1, -0.05) is 12.1 Å². The molecule has 0 spiro atoms. The summed E-state index contributed by atoms with van der Waals surface area (Å²) >= 11 is 0. The number of Topliss-reactive ketones (excluding diaryl/α,β-unsaturated/α-hetero) is 1. The average molecular weight is 516 g/mol. The number of carbonyl (C=O) groups is 1. The van der Waals surface area contributed by atoms with E-state index in [1.807, 2.05) is 24.3 Å². The normalized spacial score (nSPS) is 15.3. The van der Waals surface area contributed by atoms with E-state index in [0.717, 1.165) is 23.7 Å². The van der Waals surface area contributed by atoms with Crippen molar-refractivity contribution in [3.63, 3.8) is 0 Å². The number of nitrogens with zero attached hydrogens (tertiary/aromatic N) is 2. The molecule has 7 nitrogen and oxygen atoms in total. The highest BCUT2D eigenvalue weighted by Crippen LogP contribution is 2.28. The van der Waals surface area contributed by atoms with Gasteiger partial charge in [-0.3, -0.25) is 4.79 Å². The zero-order valence-electron chi connectivity index (χ0n) is 22.3. The van der Waals surface area contributed by atoms with E-state index in [2.05, 4.69) is 17.3 Å². The van der Waals surface area contributed by atoms with Crippen LogP contribution < -0.4 is 10.1 Å². The third kappa shape index (κ3) is 7.54. The van der Waals surface area contributed by atoms with Crippen molar-refractivity contribution >= 4 is 21.5 Å². The van der Waals surface area contributed by atoms with Gasteiger partial charge in [0.1, 0.15) is 11.5 Å². The first-order valence-electron chi connectivity index (χ1n) is 12.7. The average Bonchev–Trinajstić information content (AvgIpc) is 2.84. The number of carbonyl (C=O) groups excluding carboxylic acids is 1. The minimum Gasteiger partial charge on any atom is -0.497 e. The van der Waals surface area contributed by atoms with Crippen LogP contribution in [0.3, 0.4) is 0 Å². The third-order valence-corrected chi connectivity index (χ3v) is 9.28. The second-order valence-electron chi connectivity index (χ2n) is 10.0. The van der Waals surface area contributed by atoms with Crippen molar-refractivity contribution in [3.05, 3.63) is 53.1 Å². The molecule has 0 unspecified atom stereocenters. The molecule has 0 aliphatic carbocycles. The lowest BCUT2D eigenvalue weighted by Crippen LogP contribution is -2.30. The van der Waals surface area contributed by atoms with Crippen LogP contribution in [0.15, 0.2) is 41.3 Å². The van der Waals surface area contributed by atoms with Gasteiger partial charge in [0.2, 0.25) is 10.0 Å². The van der Waals surface area contributed by atoms with Crippen LogP contribution in [0.1, 0.15) is 42.4 Å². The predicted molar refractivity (Wildman–Crippen MR) is 145 cm³/mol. The molecule has 1 N–H and O–H groups in total. The van der Waals surface area contributed by atoms with Crippen LogP contribution in [0.2, 0.25) is 0 Å². The van der Waals surface area contributed by atoms with Crippen molar-refractivity contribution in [3.8, 4) is 5.75 Å². The number of benzene rings is 2. The van der Waals surface area contributed by atoms with Crippen molar-refractivity contribution in [2.45, 2.75) is 50.8 Å². The van der Waals surface area contributed by atoms with Crippen molar-refractivity contribution in [1.29, 1.82) is 0 Å². The Balaban J connectivity index is 1.46. The fourth-order valence-corrected chi connectivity index (χ4v) is 6.40. The van der Waals surface area contributed by atoms with E-state index in [9.17, 15) is 13.2 Å². The summed E-state index contributed by atoms with van der Waals surface area (Å²) in [7, 11) is 1.56. The number of sulfonamides is 1. The van der Waals surface area contributed by atoms with E-state index in [4.69, 9.17) is 4.74 Å². The molecule has 2 aromatic carbocycles. The molecule has 0 radical (unpaired) electrons. The number of ether oxygens (including phenoxy) is 1. The van der Waals surface area contributed by atoms with E-state index in [1.165, 1.54) is 43.7 Å². The number of nitrogens with one attached hydrogen (secondary N) is 1. The molecular formula is C28H41N3O4S. The van der Waals surface area contributed by atoms with Crippen molar-refractivity contribution in [1.82, 2.24) is 9.21 Å². The van der Waals surface area contributed by atoms with Gasteiger partial charge < -0.3 is 15.0 Å². The number of anilines is 1. The summed E-state index contributed by atoms with van der Waals surface area (Å²) in [5, 5.41) is 3.49. The highest BCUT2D eigenvalue weighted by Gasteiger charge is 2.26. The van der Waals surface area contributed by atoms with Gasteiger partial charge in [-0.2, -0.15) is 0 Å². The molecule has 1 saturated heterocycles. The third-order valence-electron chi connectivity index (χ3n) is 7.12. The van der Waals surface area contributed by atoms with E-state index in [0.29, 0.717) is 23.3 Å². The summed E-state index contributed by atoms with van der Waals surface area (Å²) in [6, 6.07) is 11.4. The Labute approximate surface area is 216 Å². The van der Waals surface area contributed by atoms with E-state index in [-0.39, 0.29) is 23.6 Å². The lowest BCUT2D eigenvalue weighted by atomic mass is 9.94. The monoisotopic (exact) mass is 515 g/mol. The number of hydrogen-bond donors (Lipinski definition) is 1. The van der Waals surface area contributed by atoms with Gasteiger partial charge in [0.15, 0.2) is 0 Å². The molecule has 1 aliphatic rings. The number of ketones is 1. The molecular weight excluding hydrogens is 474 g/mol. The molecule has 0 bridgehead atoms. The summed E-state index contributed by atoms with van der Waals surface area (Å²) in [6.07, 6.45) is 4.19. The fourth-order valence-electron chi connectivity index (χ4n) is 4.82. The standard InChI is InChI=1S/C28H41N3O4S/c1-21-18-27(35-5)19-22(2)28(21)36(33,34)31(4)17-13-26(32)20-24-6-8-25(9-7-24)29-14-10-23-11-15-30(3)16-12-23/h6-9,18-19,23,29H,10-17,20H2,1-5H3. The van der Waals surface area contributed by atoms with E-state index in [1.54, 1.807) is 33.1 Å². The molecule has 3 rings (SSSR count). The van der Waals surface area contributed by atoms with Crippen LogP contribution in [0, 0.1) is 19.8 Å². The maximum Gasteiger partial charge on any atom is 0.243 e. The van der Waals surface area contributed by atoms with Crippen LogP contribution in [0.5, 0.6) is 5.75 Å². The Bertz CT molecular complexity index is 1100. The summed E-state index contributed by atoms with van der Waals surface area (Å²) in [5.74, 6) is 1.44. The zero-order chi connectivity index (χ0) is 26.3. The molecule has 36 heavy (non-hydrogen) atoms. The van der Waals surface area contributed by atoms with Gasteiger partial charge >= 0.3 is 0 Å². The largest absolute Gasteiger partial charge is 0.497 e. The Morgan fingerprint density at radius 3 is 2.31 bits per heavy atom. The molecule has 1 fully saturated rings. The lowest BCUT2D eigenvalue weighted by Gasteiger charge is -2.29. The molecule has 2 aromatic rings. The maximum absolute atomic E-state index is 13.1. The number of hydrogen-bond acceptors (Lipinski definition) is 6. The van der Waals surface area contributed by atoms with E-state index >= 15 is 0 Å². The fraction of sp³-hybridized carbons (Fsp3) is 0.536. The van der Waals surface area contributed by atoms with Gasteiger partial charge in [-0.25, -0.2) is 12.7 Å². The second-order valence-corrected chi connectivity index (χ2v) is 12.0. The molecule has 0 saturated carbocycles. The van der Waals surface area contributed by atoms with Gasteiger partial charge in [0, 0.05) is 38.7 Å². The van der Waals surface area contributed by atoms with Crippen LogP contribution in [0.25, 0.3) is 0 Å². The summed E-state index contributed by atoms with van der Waals surface area (Å²) < 4.78 is 32.8. The molecule has 198 valence electrons. The van der Waals surface area contributed by atoms with Gasteiger partial charge in [-0.15, -0.1) is 0 Å².